The SMILES string of the molecule is CCS(=O)(=O)NC(C)[O]. The predicted octanol–water partition coefficient (Wildman–Crippen LogP) is -0.298. The summed E-state index contributed by atoms with van der Waals surface area (Å²) in [5.41, 5.74) is 0. The summed E-state index contributed by atoms with van der Waals surface area (Å²) < 4.78 is 22.9. The molecule has 0 spiro atoms. The molecular formula is C4H10NO3S. The molecule has 0 aliphatic heterocycles. The van der Waals surface area contributed by atoms with Gasteiger partial charge in [-0.25, -0.2) is 13.5 Å². The minimum absolute atomic E-state index is 0.0421. The molecule has 0 saturated heterocycles. The molecule has 0 rings (SSSR count). The molecule has 1 unspecified atom stereocenters. The second kappa shape index (κ2) is 3.14. The summed E-state index contributed by atoms with van der Waals surface area (Å²) in [5, 5.41) is 10.2. The Kier molecular flexibility index (Phi) is 3.10. The first-order valence-electron chi connectivity index (χ1n) is 2.63. The highest BCUT2D eigenvalue weighted by atomic mass is 32.2. The van der Waals surface area contributed by atoms with Crippen molar-refractivity contribution in [2.45, 2.75) is 20.1 Å². The molecule has 9 heavy (non-hydrogen) atoms. The number of hydrogen-bond donors (Lipinski definition) is 1. The zero-order valence-corrected chi connectivity index (χ0v) is 6.23. The summed E-state index contributed by atoms with van der Waals surface area (Å²) >= 11 is 0. The number of rotatable bonds is 3. The smallest absolute Gasteiger partial charge is 0.213 e. The highest BCUT2D eigenvalue weighted by molar-refractivity contribution is 7.89. The van der Waals surface area contributed by atoms with E-state index in [0.29, 0.717) is 0 Å². The van der Waals surface area contributed by atoms with Gasteiger partial charge in [0.1, 0.15) is 0 Å². The molecular weight excluding hydrogens is 142 g/mol. The number of nitrogens with one attached hydrogen (secondary N) is 1. The molecule has 0 bridgehead atoms. The molecule has 0 heterocycles. The van der Waals surface area contributed by atoms with E-state index < -0.39 is 16.3 Å². The first-order valence-corrected chi connectivity index (χ1v) is 4.29. The van der Waals surface area contributed by atoms with Crippen LogP contribution in [-0.2, 0) is 15.1 Å². The molecule has 55 valence electrons. The van der Waals surface area contributed by atoms with Crippen LogP contribution in [0.2, 0.25) is 0 Å². The molecule has 0 saturated carbocycles. The lowest BCUT2D eigenvalue weighted by Crippen LogP contribution is -2.32. The molecule has 0 fully saturated rings. The minimum Gasteiger partial charge on any atom is -0.215 e. The van der Waals surface area contributed by atoms with Crippen molar-refractivity contribution in [1.29, 1.82) is 0 Å². The van der Waals surface area contributed by atoms with Gasteiger partial charge in [-0.3, -0.25) is 0 Å². The molecule has 0 aromatic rings. The van der Waals surface area contributed by atoms with Crippen molar-refractivity contribution in [2.24, 2.45) is 0 Å². The maximum Gasteiger partial charge on any atom is 0.213 e. The molecule has 0 aromatic carbocycles. The molecule has 1 N–H and O–H groups in total. The Bertz CT molecular complexity index is 161. The van der Waals surface area contributed by atoms with Gasteiger partial charge in [0.05, 0.1) is 5.75 Å². The van der Waals surface area contributed by atoms with Crippen molar-refractivity contribution in [2.75, 3.05) is 5.75 Å². The van der Waals surface area contributed by atoms with Crippen LogP contribution >= 0.6 is 0 Å². The zero-order valence-electron chi connectivity index (χ0n) is 5.42. The minimum atomic E-state index is -3.28. The Morgan fingerprint density at radius 2 is 2.00 bits per heavy atom. The van der Waals surface area contributed by atoms with Crippen LogP contribution in [0.25, 0.3) is 0 Å². The van der Waals surface area contributed by atoms with Crippen LogP contribution in [0.3, 0.4) is 0 Å². The van der Waals surface area contributed by atoms with Crippen molar-refractivity contribution in [3.05, 3.63) is 0 Å². The second-order valence-electron chi connectivity index (χ2n) is 1.66. The number of sulfonamides is 1. The molecule has 1 radical (unpaired) electrons. The summed E-state index contributed by atoms with van der Waals surface area (Å²) in [7, 11) is -3.28. The van der Waals surface area contributed by atoms with E-state index in [1.165, 1.54) is 13.8 Å². The Morgan fingerprint density at radius 1 is 1.56 bits per heavy atom. The van der Waals surface area contributed by atoms with Gasteiger partial charge < -0.3 is 0 Å². The fourth-order valence-electron chi connectivity index (χ4n) is 0.336. The Labute approximate surface area is 54.9 Å². The van der Waals surface area contributed by atoms with Crippen LogP contribution < -0.4 is 4.72 Å². The van der Waals surface area contributed by atoms with Crippen molar-refractivity contribution >= 4 is 10.0 Å². The lowest BCUT2D eigenvalue weighted by atomic mass is 10.7. The Balaban J connectivity index is 3.90. The molecule has 0 aliphatic rings. The van der Waals surface area contributed by atoms with E-state index in [4.69, 9.17) is 0 Å². The fraction of sp³-hybridized carbons (Fsp3) is 1.00. The van der Waals surface area contributed by atoms with Crippen LogP contribution in [0.4, 0.5) is 0 Å². The van der Waals surface area contributed by atoms with Gasteiger partial charge in [0.25, 0.3) is 0 Å². The average molecular weight is 152 g/mol. The first-order chi connectivity index (χ1) is 3.98. The van der Waals surface area contributed by atoms with E-state index >= 15 is 0 Å². The average Bonchev–Trinajstić information content (AvgIpc) is 1.63. The third-order valence-electron chi connectivity index (χ3n) is 0.726. The summed E-state index contributed by atoms with van der Waals surface area (Å²) in [5.74, 6) is -0.0421. The molecule has 0 aromatic heterocycles. The van der Waals surface area contributed by atoms with Gasteiger partial charge in [0, 0.05) is 0 Å². The van der Waals surface area contributed by atoms with Crippen LogP contribution in [0.1, 0.15) is 13.8 Å². The molecule has 0 amide bonds. The summed E-state index contributed by atoms with van der Waals surface area (Å²) in [6.45, 7) is 2.72. The summed E-state index contributed by atoms with van der Waals surface area (Å²) in [4.78, 5) is 0. The topological polar surface area (TPSA) is 66.1 Å². The van der Waals surface area contributed by atoms with Crippen molar-refractivity contribution in [3.63, 3.8) is 0 Å². The van der Waals surface area contributed by atoms with Gasteiger partial charge in [0.2, 0.25) is 10.0 Å². The van der Waals surface area contributed by atoms with Crippen LogP contribution in [0, 0.1) is 0 Å². The summed E-state index contributed by atoms with van der Waals surface area (Å²) in [6, 6.07) is 0. The lowest BCUT2D eigenvalue weighted by molar-refractivity contribution is 0.0963. The van der Waals surface area contributed by atoms with Gasteiger partial charge in [-0.15, -0.1) is 0 Å². The van der Waals surface area contributed by atoms with E-state index in [9.17, 15) is 13.5 Å². The second-order valence-corrected chi connectivity index (χ2v) is 3.71. The normalized spacial score (nSPS) is 15.4. The number of hydrogen-bond acceptors (Lipinski definition) is 2. The third kappa shape index (κ3) is 4.38. The maximum absolute atomic E-state index is 10.5. The van der Waals surface area contributed by atoms with Gasteiger partial charge in [-0.1, -0.05) is 0 Å². The zero-order chi connectivity index (χ0) is 7.49. The molecule has 0 aliphatic carbocycles. The fourth-order valence-corrected chi connectivity index (χ4v) is 1.01. The largest absolute Gasteiger partial charge is 0.215 e. The van der Waals surface area contributed by atoms with Gasteiger partial charge in [-0.2, -0.15) is 4.72 Å². The van der Waals surface area contributed by atoms with Crippen LogP contribution in [0.15, 0.2) is 0 Å². The van der Waals surface area contributed by atoms with E-state index in [-0.39, 0.29) is 5.75 Å². The highest BCUT2D eigenvalue weighted by Gasteiger charge is 2.08. The Morgan fingerprint density at radius 3 is 2.11 bits per heavy atom. The summed E-state index contributed by atoms with van der Waals surface area (Å²) in [6.07, 6.45) is -1.24. The van der Waals surface area contributed by atoms with E-state index in [1.54, 1.807) is 0 Å². The van der Waals surface area contributed by atoms with E-state index in [0.717, 1.165) is 0 Å². The maximum atomic E-state index is 10.5. The van der Waals surface area contributed by atoms with Crippen molar-refractivity contribution in [3.8, 4) is 0 Å². The van der Waals surface area contributed by atoms with Gasteiger partial charge in [0.15, 0.2) is 6.23 Å². The quantitative estimate of drug-likeness (QED) is 0.564. The van der Waals surface area contributed by atoms with E-state index in [2.05, 4.69) is 0 Å². The van der Waals surface area contributed by atoms with Gasteiger partial charge in [-0.05, 0) is 13.8 Å². The van der Waals surface area contributed by atoms with E-state index in [1.807, 2.05) is 4.72 Å². The van der Waals surface area contributed by atoms with Crippen LogP contribution in [0.5, 0.6) is 0 Å². The Hall–Kier alpha value is -0.130. The van der Waals surface area contributed by atoms with Crippen LogP contribution in [-0.4, -0.2) is 20.4 Å². The lowest BCUT2D eigenvalue weighted by Gasteiger charge is -2.02. The van der Waals surface area contributed by atoms with Crippen molar-refractivity contribution < 1.29 is 13.5 Å². The highest BCUT2D eigenvalue weighted by Crippen LogP contribution is 1.84. The molecule has 1 atom stereocenters. The molecule has 5 heteroatoms. The molecule has 4 nitrogen and oxygen atoms in total. The third-order valence-corrected chi connectivity index (χ3v) is 2.18. The first kappa shape index (κ1) is 8.87. The van der Waals surface area contributed by atoms with Gasteiger partial charge >= 0.3 is 0 Å². The standard InChI is InChI=1S/C4H10NO3S/c1-3-9(7,8)5-4(2)6/h4-5H,3H2,1-2H3. The van der Waals surface area contributed by atoms with Crippen molar-refractivity contribution in [1.82, 2.24) is 4.72 Å². The monoisotopic (exact) mass is 152 g/mol. The predicted molar refractivity (Wildman–Crippen MR) is 32.7 cm³/mol.